The highest BCUT2D eigenvalue weighted by Gasteiger charge is 2.09. The van der Waals surface area contributed by atoms with Crippen LogP contribution in [0.1, 0.15) is 15.5 Å². The van der Waals surface area contributed by atoms with Crippen molar-refractivity contribution < 1.29 is 4.79 Å². The average Bonchev–Trinajstić information content (AvgIpc) is 2.66. The first-order valence-electron chi connectivity index (χ1n) is 4.40. The smallest absolute Gasteiger partial charge is 0.276 e. The van der Waals surface area contributed by atoms with Gasteiger partial charge in [0.1, 0.15) is 11.5 Å². The van der Waals surface area contributed by atoms with Gasteiger partial charge in [0, 0.05) is 11.6 Å². The predicted octanol–water partition coefficient (Wildman–Crippen LogP) is 2.10. The van der Waals surface area contributed by atoms with Gasteiger partial charge in [-0.2, -0.15) is 0 Å². The first kappa shape index (κ1) is 9.79. The largest absolute Gasteiger partial charge is 0.305 e. The Balaban J connectivity index is 2.11. The second-order valence-electron chi connectivity index (χ2n) is 2.92. The highest BCUT2D eigenvalue weighted by Crippen LogP contribution is 2.09. The van der Waals surface area contributed by atoms with Crippen LogP contribution in [-0.4, -0.2) is 15.9 Å². The number of thiazole rings is 1. The molecule has 2 rings (SSSR count). The second kappa shape index (κ2) is 4.18. The zero-order valence-corrected chi connectivity index (χ0v) is 8.91. The van der Waals surface area contributed by atoms with E-state index >= 15 is 0 Å². The lowest BCUT2D eigenvalue weighted by atomic mass is 10.4. The summed E-state index contributed by atoms with van der Waals surface area (Å²) in [7, 11) is 0. The van der Waals surface area contributed by atoms with E-state index in [-0.39, 0.29) is 5.91 Å². The minimum atomic E-state index is -0.224. The average molecular weight is 219 g/mol. The van der Waals surface area contributed by atoms with Gasteiger partial charge in [-0.25, -0.2) is 9.97 Å². The molecule has 0 atom stereocenters. The van der Waals surface area contributed by atoms with Crippen LogP contribution in [0.15, 0.2) is 29.8 Å². The Hall–Kier alpha value is -1.75. The molecular weight excluding hydrogens is 210 g/mol. The zero-order valence-electron chi connectivity index (χ0n) is 8.10. The highest BCUT2D eigenvalue weighted by atomic mass is 32.1. The van der Waals surface area contributed by atoms with Gasteiger partial charge in [0.2, 0.25) is 0 Å². The molecule has 0 bridgehead atoms. The summed E-state index contributed by atoms with van der Waals surface area (Å²) in [6.45, 7) is 1.86. The van der Waals surface area contributed by atoms with Gasteiger partial charge >= 0.3 is 0 Å². The van der Waals surface area contributed by atoms with E-state index in [1.54, 1.807) is 23.7 Å². The number of amides is 1. The van der Waals surface area contributed by atoms with E-state index in [1.807, 2.05) is 13.0 Å². The summed E-state index contributed by atoms with van der Waals surface area (Å²) in [6.07, 6.45) is 1.63. The maximum Gasteiger partial charge on any atom is 0.276 e. The maximum atomic E-state index is 11.6. The third-order valence-electron chi connectivity index (χ3n) is 1.76. The predicted molar refractivity (Wildman–Crippen MR) is 59.0 cm³/mol. The van der Waals surface area contributed by atoms with E-state index in [9.17, 15) is 4.79 Å². The molecule has 4 nitrogen and oxygen atoms in total. The van der Waals surface area contributed by atoms with Gasteiger partial charge in [0.25, 0.3) is 5.91 Å². The molecule has 1 amide bonds. The van der Waals surface area contributed by atoms with E-state index < -0.39 is 0 Å². The standard InChI is InChI=1S/C10H9N3OS/c1-7-12-8(6-15-7)10(14)13-9-4-2-3-5-11-9/h2-6H,1H3,(H,11,13,14). The summed E-state index contributed by atoms with van der Waals surface area (Å²) in [5.41, 5.74) is 0.433. The van der Waals surface area contributed by atoms with Gasteiger partial charge in [0.15, 0.2) is 0 Å². The Bertz CT molecular complexity index is 467. The first-order chi connectivity index (χ1) is 7.25. The van der Waals surface area contributed by atoms with Crippen LogP contribution >= 0.6 is 11.3 Å². The molecule has 0 saturated heterocycles. The normalized spacial score (nSPS) is 9.93. The number of rotatable bonds is 2. The molecule has 0 aliphatic rings. The summed E-state index contributed by atoms with van der Waals surface area (Å²) in [6, 6.07) is 5.34. The summed E-state index contributed by atoms with van der Waals surface area (Å²) in [5.74, 6) is 0.311. The molecular formula is C10H9N3OS. The van der Waals surface area contributed by atoms with Gasteiger partial charge in [-0.1, -0.05) is 6.07 Å². The number of anilines is 1. The quantitative estimate of drug-likeness (QED) is 0.841. The fraction of sp³-hybridized carbons (Fsp3) is 0.100. The molecule has 0 fully saturated rings. The number of carbonyl (C=O) groups is 1. The third kappa shape index (κ3) is 2.38. The Morgan fingerprint density at radius 2 is 2.33 bits per heavy atom. The van der Waals surface area contributed by atoms with Crippen molar-refractivity contribution in [1.29, 1.82) is 0 Å². The van der Waals surface area contributed by atoms with E-state index in [4.69, 9.17) is 0 Å². The fourth-order valence-corrected chi connectivity index (χ4v) is 1.68. The number of aromatic nitrogens is 2. The molecule has 2 aromatic heterocycles. The van der Waals surface area contributed by atoms with Crippen molar-refractivity contribution in [2.45, 2.75) is 6.92 Å². The van der Waals surface area contributed by atoms with E-state index in [0.717, 1.165) is 5.01 Å². The van der Waals surface area contributed by atoms with Crippen molar-refractivity contribution in [3.05, 3.63) is 40.5 Å². The summed E-state index contributed by atoms with van der Waals surface area (Å²) in [4.78, 5) is 19.7. The molecule has 0 spiro atoms. The summed E-state index contributed by atoms with van der Waals surface area (Å²) < 4.78 is 0. The highest BCUT2D eigenvalue weighted by molar-refractivity contribution is 7.09. The fourth-order valence-electron chi connectivity index (χ4n) is 1.08. The van der Waals surface area contributed by atoms with Crippen LogP contribution in [0, 0.1) is 6.92 Å². The van der Waals surface area contributed by atoms with Crippen LogP contribution < -0.4 is 5.32 Å². The van der Waals surface area contributed by atoms with Crippen molar-refractivity contribution in [3.63, 3.8) is 0 Å². The number of aryl methyl sites for hydroxylation is 1. The molecule has 0 aliphatic carbocycles. The van der Waals surface area contributed by atoms with Crippen LogP contribution in [-0.2, 0) is 0 Å². The van der Waals surface area contributed by atoms with E-state index in [1.165, 1.54) is 11.3 Å². The number of carbonyl (C=O) groups excluding carboxylic acids is 1. The van der Waals surface area contributed by atoms with E-state index in [2.05, 4.69) is 15.3 Å². The second-order valence-corrected chi connectivity index (χ2v) is 3.98. The molecule has 15 heavy (non-hydrogen) atoms. The van der Waals surface area contributed by atoms with Gasteiger partial charge in [0.05, 0.1) is 5.01 Å². The van der Waals surface area contributed by atoms with Crippen molar-refractivity contribution in [2.75, 3.05) is 5.32 Å². The molecule has 5 heteroatoms. The molecule has 0 aromatic carbocycles. The summed E-state index contributed by atoms with van der Waals surface area (Å²) >= 11 is 1.45. The Morgan fingerprint density at radius 1 is 1.47 bits per heavy atom. The molecule has 1 N–H and O–H groups in total. The van der Waals surface area contributed by atoms with Crippen LogP contribution in [0.5, 0.6) is 0 Å². The molecule has 0 aliphatic heterocycles. The molecule has 2 aromatic rings. The van der Waals surface area contributed by atoms with Crippen molar-refractivity contribution in [1.82, 2.24) is 9.97 Å². The number of nitrogens with one attached hydrogen (secondary N) is 1. The molecule has 0 saturated carbocycles. The number of hydrogen-bond acceptors (Lipinski definition) is 4. The van der Waals surface area contributed by atoms with Gasteiger partial charge in [-0.3, -0.25) is 4.79 Å². The first-order valence-corrected chi connectivity index (χ1v) is 5.28. The van der Waals surface area contributed by atoms with Crippen molar-refractivity contribution in [3.8, 4) is 0 Å². The molecule has 76 valence electrons. The van der Waals surface area contributed by atoms with Gasteiger partial charge in [-0.15, -0.1) is 11.3 Å². The Labute approximate surface area is 91.0 Å². The number of pyridine rings is 1. The van der Waals surface area contributed by atoms with Crippen molar-refractivity contribution in [2.24, 2.45) is 0 Å². The lowest BCUT2D eigenvalue weighted by molar-refractivity contribution is 0.102. The van der Waals surface area contributed by atoms with Crippen molar-refractivity contribution >= 4 is 23.1 Å². The van der Waals surface area contributed by atoms with Gasteiger partial charge in [-0.05, 0) is 19.1 Å². The van der Waals surface area contributed by atoms with Crippen LogP contribution in [0.4, 0.5) is 5.82 Å². The number of hydrogen-bond donors (Lipinski definition) is 1. The topological polar surface area (TPSA) is 54.9 Å². The van der Waals surface area contributed by atoms with Crippen LogP contribution in [0.3, 0.4) is 0 Å². The summed E-state index contributed by atoms with van der Waals surface area (Å²) in [5, 5.41) is 5.27. The third-order valence-corrected chi connectivity index (χ3v) is 2.53. The lowest BCUT2D eigenvalue weighted by Crippen LogP contribution is -2.13. The van der Waals surface area contributed by atoms with Gasteiger partial charge < -0.3 is 5.32 Å². The SMILES string of the molecule is Cc1nc(C(=O)Nc2ccccn2)cs1. The zero-order chi connectivity index (χ0) is 10.7. The van der Waals surface area contributed by atoms with Crippen LogP contribution in [0.25, 0.3) is 0 Å². The molecule has 0 unspecified atom stereocenters. The molecule has 0 radical (unpaired) electrons. The van der Waals surface area contributed by atoms with E-state index in [0.29, 0.717) is 11.5 Å². The Morgan fingerprint density at radius 3 is 2.93 bits per heavy atom. The number of nitrogens with zero attached hydrogens (tertiary/aromatic N) is 2. The van der Waals surface area contributed by atoms with Crippen LogP contribution in [0.2, 0.25) is 0 Å². The minimum absolute atomic E-state index is 0.224. The Kier molecular flexibility index (Phi) is 2.73. The minimum Gasteiger partial charge on any atom is -0.305 e. The maximum absolute atomic E-state index is 11.6. The lowest BCUT2D eigenvalue weighted by Gasteiger charge is -2.00. The molecule has 2 heterocycles. The monoisotopic (exact) mass is 219 g/mol.